The summed E-state index contributed by atoms with van der Waals surface area (Å²) in [5.41, 5.74) is 0.930. The molecule has 19 heavy (non-hydrogen) atoms. The van der Waals surface area contributed by atoms with E-state index in [1.807, 2.05) is 30.3 Å². The van der Waals surface area contributed by atoms with E-state index in [2.05, 4.69) is 0 Å². The minimum Gasteiger partial charge on any atom is -0.302 e. The lowest BCUT2D eigenvalue weighted by Gasteiger charge is -2.20. The molecule has 0 spiro atoms. The van der Waals surface area contributed by atoms with Gasteiger partial charge in [-0.3, -0.25) is 9.05 Å². The van der Waals surface area contributed by atoms with Crippen molar-refractivity contribution < 1.29 is 18.5 Å². The average molecular weight is 284 g/mol. The van der Waals surface area contributed by atoms with Crippen LogP contribution in [0.3, 0.4) is 0 Å². The van der Waals surface area contributed by atoms with Crippen LogP contribution in [0.4, 0.5) is 0 Å². The molecule has 0 saturated carbocycles. The lowest BCUT2D eigenvalue weighted by molar-refractivity contribution is 0.0988. The van der Waals surface area contributed by atoms with Gasteiger partial charge in [-0.05, 0) is 18.4 Å². The zero-order valence-electron chi connectivity index (χ0n) is 11.0. The molecule has 0 amide bonds. The molecule has 1 fully saturated rings. The quantitative estimate of drug-likeness (QED) is 0.785. The fraction of sp³-hybridized carbons (Fsp3) is 0.571. The number of hydrogen-bond acceptors (Lipinski definition) is 3. The molecule has 1 heterocycles. The highest BCUT2D eigenvalue weighted by Crippen LogP contribution is 2.49. The van der Waals surface area contributed by atoms with E-state index in [9.17, 15) is 9.46 Å². The van der Waals surface area contributed by atoms with E-state index in [0.717, 1.165) is 44.1 Å². The summed E-state index contributed by atoms with van der Waals surface area (Å²) in [4.78, 5) is 9.73. The van der Waals surface area contributed by atoms with Gasteiger partial charge in [0, 0.05) is 0 Å². The Balaban J connectivity index is 2.11. The van der Waals surface area contributed by atoms with E-state index in [-0.39, 0.29) is 12.7 Å². The van der Waals surface area contributed by atoms with Crippen molar-refractivity contribution in [2.75, 3.05) is 6.61 Å². The predicted octanol–water partition coefficient (Wildman–Crippen LogP) is 4.22. The first-order chi connectivity index (χ1) is 9.17. The van der Waals surface area contributed by atoms with Crippen molar-refractivity contribution in [3.63, 3.8) is 0 Å². The summed E-state index contributed by atoms with van der Waals surface area (Å²) in [5, 5.41) is 0. The molecule has 2 unspecified atom stereocenters. The third kappa shape index (κ3) is 5.07. The third-order valence-corrected chi connectivity index (χ3v) is 4.33. The number of phosphoric acid groups is 1. The monoisotopic (exact) mass is 284 g/mol. The molecule has 4 nitrogen and oxygen atoms in total. The lowest BCUT2D eigenvalue weighted by Crippen LogP contribution is -2.05. The first-order valence-electron chi connectivity index (χ1n) is 6.88. The highest BCUT2D eigenvalue weighted by atomic mass is 31.2. The topological polar surface area (TPSA) is 55.8 Å². The first kappa shape index (κ1) is 14.7. The van der Waals surface area contributed by atoms with Gasteiger partial charge in [-0.2, -0.15) is 0 Å². The van der Waals surface area contributed by atoms with Crippen LogP contribution in [0, 0.1) is 0 Å². The van der Waals surface area contributed by atoms with Crippen LogP contribution in [0.1, 0.15) is 50.2 Å². The van der Waals surface area contributed by atoms with E-state index in [4.69, 9.17) is 9.05 Å². The Morgan fingerprint density at radius 3 is 2.53 bits per heavy atom. The molecule has 0 aromatic heterocycles. The van der Waals surface area contributed by atoms with Crippen LogP contribution in [0.5, 0.6) is 0 Å². The normalized spacial score (nSPS) is 30.5. The predicted molar refractivity (Wildman–Crippen MR) is 73.7 cm³/mol. The van der Waals surface area contributed by atoms with Crippen molar-refractivity contribution in [1.82, 2.24) is 0 Å². The molecule has 0 radical (unpaired) electrons. The van der Waals surface area contributed by atoms with Crippen LogP contribution in [-0.4, -0.2) is 11.5 Å². The molecule has 0 bridgehead atoms. The molecule has 0 aliphatic carbocycles. The Labute approximate surface area is 114 Å². The van der Waals surface area contributed by atoms with Crippen molar-refractivity contribution in [3.8, 4) is 0 Å². The molecule has 1 aromatic carbocycles. The van der Waals surface area contributed by atoms with Crippen molar-refractivity contribution in [1.29, 1.82) is 0 Å². The number of benzene rings is 1. The second kappa shape index (κ2) is 7.20. The van der Waals surface area contributed by atoms with Gasteiger partial charge >= 0.3 is 7.82 Å². The maximum Gasteiger partial charge on any atom is 0.472 e. The van der Waals surface area contributed by atoms with Crippen LogP contribution in [0.2, 0.25) is 0 Å². The lowest BCUT2D eigenvalue weighted by atomic mass is 10.0. The molecule has 1 saturated heterocycles. The van der Waals surface area contributed by atoms with Crippen molar-refractivity contribution in [2.24, 2.45) is 0 Å². The molecule has 1 aromatic rings. The standard InChI is InChI=1S/C14H21O4P/c15-19(16)17-12-8-3-1-2-7-11-14(18-19)13-9-5-4-6-10-13/h4-6,9-10,14H,1-3,7-8,11-12H2,(H,15,16). The van der Waals surface area contributed by atoms with Gasteiger partial charge in [-0.1, -0.05) is 56.0 Å². The SMILES string of the molecule is O=P1(O)OCCCCCCCC(c2ccccc2)O1. The third-order valence-electron chi connectivity index (χ3n) is 3.30. The molecule has 1 aliphatic heterocycles. The minimum atomic E-state index is -3.95. The number of phosphoric ester groups is 1. The molecule has 106 valence electrons. The summed E-state index contributed by atoms with van der Waals surface area (Å²) in [7, 11) is -3.95. The van der Waals surface area contributed by atoms with Crippen molar-refractivity contribution in [3.05, 3.63) is 35.9 Å². The van der Waals surface area contributed by atoms with Crippen molar-refractivity contribution in [2.45, 2.75) is 44.6 Å². The summed E-state index contributed by atoms with van der Waals surface area (Å²) in [5.74, 6) is 0. The van der Waals surface area contributed by atoms with E-state index < -0.39 is 7.82 Å². The Morgan fingerprint density at radius 2 is 1.74 bits per heavy atom. The molecule has 2 rings (SSSR count). The van der Waals surface area contributed by atoms with Crippen LogP contribution < -0.4 is 0 Å². The van der Waals surface area contributed by atoms with Gasteiger partial charge in [-0.15, -0.1) is 0 Å². The fourth-order valence-corrected chi connectivity index (χ4v) is 3.25. The molecular weight excluding hydrogens is 263 g/mol. The number of hydrogen-bond donors (Lipinski definition) is 1. The van der Waals surface area contributed by atoms with Crippen molar-refractivity contribution >= 4 is 7.82 Å². The van der Waals surface area contributed by atoms with Gasteiger partial charge in [0.1, 0.15) is 0 Å². The van der Waals surface area contributed by atoms with E-state index in [1.165, 1.54) is 0 Å². The molecule has 1 aliphatic rings. The van der Waals surface area contributed by atoms with Gasteiger partial charge < -0.3 is 4.89 Å². The van der Waals surface area contributed by atoms with E-state index in [0.29, 0.717) is 0 Å². The molecule has 5 heteroatoms. The Morgan fingerprint density at radius 1 is 1.05 bits per heavy atom. The Bertz CT molecular complexity index is 421. The molecule has 2 atom stereocenters. The zero-order valence-corrected chi connectivity index (χ0v) is 11.9. The highest BCUT2D eigenvalue weighted by molar-refractivity contribution is 7.47. The molecular formula is C14H21O4P. The van der Waals surface area contributed by atoms with E-state index in [1.54, 1.807) is 0 Å². The summed E-state index contributed by atoms with van der Waals surface area (Å²) < 4.78 is 22.2. The summed E-state index contributed by atoms with van der Waals surface area (Å²) in [6, 6.07) is 9.58. The zero-order chi connectivity index (χ0) is 13.6. The summed E-state index contributed by atoms with van der Waals surface area (Å²) >= 11 is 0. The summed E-state index contributed by atoms with van der Waals surface area (Å²) in [6.07, 6.45) is 5.50. The smallest absolute Gasteiger partial charge is 0.302 e. The van der Waals surface area contributed by atoms with Gasteiger partial charge in [-0.25, -0.2) is 4.57 Å². The highest BCUT2D eigenvalue weighted by Gasteiger charge is 2.27. The fourth-order valence-electron chi connectivity index (χ4n) is 2.28. The first-order valence-corrected chi connectivity index (χ1v) is 8.38. The maximum absolute atomic E-state index is 11.9. The van der Waals surface area contributed by atoms with E-state index >= 15 is 0 Å². The average Bonchev–Trinajstić information content (AvgIpc) is 2.44. The Hall–Kier alpha value is -0.670. The van der Waals surface area contributed by atoms with Crippen LogP contribution >= 0.6 is 7.82 Å². The van der Waals surface area contributed by atoms with Gasteiger partial charge in [0.25, 0.3) is 0 Å². The van der Waals surface area contributed by atoms with Crippen LogP contribution in [-0.2, 0) is 13.6 Å². The van der Waals surface area contributed by atoms with Gasteiger partial charge in [0.05, 0.1) is 12.7 Å². The summed E-state index contributed by atoms with van der Waals surface area (Å²) in [6.45, 7) is 0.287. The van der Waals surface area contributed by atoms with Gasteiger partial charge in [0.2, 0.25) is 0 Å². The van der Waals surface area contributed by atoms with Crippen LogP contribution in [0.25, 0.3) is 0 Å². The van der Waals surface area contributed by atoms with Gasteiger partial charge in [0.15, 0.2) is 0 Å². The second-order valence-corrected chi connectivity index (χ2v) is 6.27. The van der Waals surface area contributed by atoms with Crippen LogP contribution in [0.15, 0.2) is 30.3 Å². The second-order valence-electron chi connectivity index (χ2n) is 4.86. The molecule has 1 N–H and O–H groups in total. The number of rotatable bonds is 1. The maximum atomic E-state index is 11.9. The Kier molecular flexibility index (Phi) is 5.59. The largest absolute Gasteiger partial charge is 0.472 e. The minimum absolute atomic E-state index is 0.287.